The highest BCUT2D eigenvalue weighted by molar-refractivity contribution is 8.00. The molecule has 8 heteroatoms. The molecule has 1 saturated heterocycles. The van der Waals surface area contributed by atoms with E-state index in [2.05, 4.69) is 20.5 Å². The topological polar surface area (TPSA) is 59.9 Å². The minimum absolute atomic E-state index is 0.329. The van der Waals surface area contributed by atoms with Gasteiger partial charge in [-0.1, -0.05) is 23.1 Å². The molecule has 0 aliphatic carbocycles. The number of anilines is 1. The number of ether oxygens (including phenoxy) is 1. The highest BCUT2D eigenvalue weighted by atomic mass is 32.2. The smallest absolute Gasteiger partial charge is 0.206 e. The summed E-state index contributed by atoms with van der Waals surface area (Å²) in [5, 5.41) is 13.7. The quantitative estimate of drug-likeness (QED) is 0.822. The minimum Gasteiger partial charge on any atom is -0.376 e. The molecule has 1 N–H and O–H groups in total. The van der Waals surface area contributed by atoms with Crippen LogP contribution in [0.25, 0.3) is 0 Å². The van der Waals surface area contributed by atoms with Crippen molar-refractivity contribution in [3.63, 3.8) is 0 Å². The number of thiazole rings is 1. The highest BCUT2D eigenvalue weighted by Crippen LogP contribution is 2.29. The van der Waals surface area contributed by atoms with Crippen LogP contribution in [0.5, 0.6) is 0 Å². The summed E-state index contributed by atoms with van der Waals surface area (Å²) in [5.41, 5.74) is 0. The number of thioether (sulfide) groups is 1. The molecule has 0 radical (unpaired) electrons. The summed E-state index contributed by atoms with van der Waals surface area (Å²) < 4.78 is 6.56. The predicted octanol–water partition coefficient (Wildman–Crippen LogP) is 3.19. The first kappa shape index (κ1) is 14.2. The number of nitrogens with one attached hydrogen (secondary N) is 1. The van der Waals surface area contributed by atoms with Gasteiger partial charge in [-0.25, -0.2) is 4.98 Å². The third-order valence-corrected chi connectivity index (χ3v) is 6.08. The molecule has 0 bridgehead atoms. The molecular formula is C12H16N4OS3. The van der Waals surface area contributed by atoms with E-state index in [-0.39, 0.29) is 0 Å². The van der Waals surface area contributed by atoms with E-state index >= 15 is 0 Å². The van der Waals surface area contributed by atoms with Crippen molar-refractivity contribution in [1.29, 1.82) is 0 Å². The van der Waals surface area contributed by atoms with Crippen LogP contribution in [0.4, 0.5) is 5.13 Å². The van der Waals surface area contributed by atoms with E-state index in [1.165, 1.54) is 4.88 Å². The Kier molecular flexibility index (Phi) is 4.87. The van der Waals surface area contributed by atoms with Crippen LogP contribution in [-0.2, 0) is 10.5 Å². The maximum absolute atomic E-state index is 5.57. The Morgan fingerprint density at radius 1 is 1.45 bits per heavy atom. The number of hydrogen-bond acceptors (Lipinski definition) is 8. The maximum atomic E-state index is 5.57. The fourth-order valence-electron chi connectivity index (χ4n) is 1.95. The molecule has 5 nitrogen and oxygen atoms in total. The monoisotopic (exact) mass is 328 g/mol. The summed E-state index contributed by atoms with van der Waals surface area (Å²) in [4.78, 5) is 5.53. The summed E-state index contributed by atoms with van der Waals surface area (Å²) in [5.74, 6) is 0.909. The predicted molar refractivity (Wildman–Crippen MR) is 83.8 cm³/mol. The normalized spacial score (nSPS) is 18.6. The zero-order chi connectivity index (χ0) is 13.8. The van der Waals surface area contributed by atoms with Gasteiger partial charge in [-0.05, 0) is 19.8 Å². The summed E-state index contributed by atoms with van der Waals surface area (Å²) in [6.07, 6.45) is 4.57. The molecular weight excluding hydrogens is 312 g/mol. The van der Waals surface area contributed by atoms with Crippen LogP contribution in [0.1, 0.15) is 22.7 Å². The van der Waals surface area contributed by atoms with Crippen LogP contribution in [0.2, 0.25) is 0 Å². The van der Waals surface area contributed by atoms with Crippen LogP contribution in [-0.4, -0.2) is 34.4 Å². The van der Waals surface area contributed by atoms with E-state index in [1.807, 2.05) is 13.1 Å². The SMILES string of the molecule is Cc1ncc(CSc2nnc(NC[C@@H]3CCCO3)s2)s1. The second-order valence-electron chi connectivity index (χ2n) is 4.52. The van der Waals surface area contributed by atoms with E-state index < -0.39 is 0 Å². The number of aryl methyl sites for hydroxylation is 1. The molecule has 0 aromatic carbocycles. The van der Waals surface area contributed by atoms with Crippen molar-refractivity contribution in [2.75, 3.05) is 18.5 Å². The fourth-order valence-corrected chi connectivity index (χ4v) is 4.53. The van der Waals surface area contributed by atoms with Gasteiger partial charge < -0.3 is 10.1 Å². The van der Waals surface area contributed by atoms with Crippen molar-refractivity contribution in [3.05, 3.63) is 16.1 Å². The van der Waals surface area contributed by atoms with Crippen molar-refractivity contribution in [2.45, 2.75) is 36.0 Å². The first-order valence-corrected chi connectivity index (χ1v) is 9.14. The summed E-state index contributed by atoms with van der Waals surface area (Å²) in [6.45, 7) is 3.74. The number of nitrogens with zero attached hydrogens (tertiary/aromatic N) is 3. The lowest BCUT2D eigenvalue weighted by molar-refractivity contribution is 0.120. The van der Waals surface area contributed by atoms with Gasteiger partial charge in [0.25, 0.3) is 0 Å². The highest BCUT2D eigenvalue weighted by Gasteiger charge is 2.15. The molecule has 0 saturated carbocycles. The summed E-state index contributed by atoms with van der Waals surface area (Å²) in [6, 6.07) is 0. The standard InChI is InChI=1S/C12H16N4OS3/c1-8-13-6-10(19-8)7-18-12-16-15-11(20-12)14-5-9-3-2-4-17-9/h6,9H,2-5,7H2,1H3,(H,14,15)/t9-/m0/s1. The Labute approximate surface area is 130 Å². The molecule has 1 aliphatic heterocycles. The fraction of sp³-hybridized carbons (Fsp3) is 0.583. The van der Waals surface area contributed by atoms with Crippen molar-refractivity contribution >= 4 is 39.6 Å². The molecule has 0 amide bonds. The Balaban J connectivity index is 1.46. The number of rotatable bonds is 6. The van der Waals surface area contributed by atoms with Gasteiger partial charge in [-0.3, -0.25) is 0 Å². The van der Waals surface area contributed by atoms with Gasteiger partial charge in [0.05, 0.1) is 11.1 Å². The maximum Gasteiger partial charge on any atom is 0.206 e. The van der Waals surface area contributed by atoms with Gasteiger partial charge >= 0.3 is 0 Å². The zero-order valence-corrected chi connectivity index (χ0v) is 13.6. The van der Waals surface area contributed by atoms with Crippen LogP contribution in [0.15, 0.2) is 10.5 Å². The van der Waals surface area contributed by atoms with E-state index in [1.54, 1.807) is 34.4 Å². The molecule has 3 heterocycles. The lowest BCUT2D eigenvalue weighted by Gasteiger charge is -2.08. The van der Waals surface area contributed by atoms with Gasteiger partial charge in [-0.15, -0.1) is 21.5 Å². The first-order valence-electron chi connectivity index (χ1n) is 6.52. The molecule has 0 spiro atoms. The Morgan fingerprint density at radius 3 is 3.15 bits per heavy atom. The number of hydrogen-bond donors (Lipinski definition) is 1. The molecule has 108 valence electrons. The number of aromatic nitrogens is 3. The van der Waals surface area contributed by atoms with Crippen LogP contribution in [0, 0.1) is 6.92 Å². The second kappa shape index (κ2) is 6.84. The minimum atomic E-state index is 0.329. The largest absolute Gasteiger partial charge is 0.376 e. The van der Waals surface area contributed by atoms with Crippen molar-refractivity contribution in [3.8, 4) is 0 Å². The van der Waals surface area contributed by atoms with Gasteiger partial charge in [0.1, 0.15) is 0 Å². The van der Waals surface area contributed by atoms with Crippen LogP contribution in [0.3, 0.4) is 0 Å². The molecule has 2 aromatic rings. The van der Waals surface area contributed by atoms with Gasteiger partial charge in [0.15, 0.2) is 4.34 Å². The zero-order valence-electron chi connectivity index (χ0n) is 11.2. The Morgan fingerprint density at radius 2 is 2.40 bits per heavy atom. The molecule has 20 heavy (non-hydrogen) atoms. The Bertz CT molecular complexity index is 550. The molecule has 1 fully saturated rings. The van der Waals surface area contributed by atoms with E-state index in [0.717, 1.165) is 46.2 Å². The average Bonchev–Trinajstić information content (AvgIpc) is 3.16. The molecule has 3 rings (SSSR count). The van der Waals surface area contributed by atoms with Crippen molar-refractivity contribution in [1.82, 2.24) is 15.2 Å². The van der Waals surface area contributed by atoms with Crippen molar-refractivity contribution in [2.24, 2.45) is 0 Å². The van der Waals surface area contributed by atoms with E-state index in [0.29, 0.717) is 6.10 Å². The lowest BCUT2D eigenvalue weighted by atomic mass is 10.2. The van der Waals surface area contributed by atoms with Crippen LogP contribution < -0.4 is 5.32 Å². The average molecular weight is 328 g/mol. The van der Waals surface area contributed by atoms with Crippen molar-refractivity contribution < 1.29 is 4.74 Å². The summed E-state index contributed by atoms with van der Waals surface area (Å²) >= 11 is 5.04. The van der Waals surface area contributed by atoms with Gasteiger partial charge in [-0.2, -0.15) is 0 Å². The lowest BCUT2D eigenvalue weighted by Crippen LogP contribution is -2.18. The van der Waals surface area contributed by atoms with Crippen LogP contribution >= 0.6 is 34.4 Å². The van der Waals surface area contributed by atoms with Gasteiger partial charge in [0, 0.05) is 30.0 Å². The Hall–Kier alpha value is -0.700. The summed E-state index contributed by atoms with van der Waals surface area (Å²) in [7, 11) is 0. The van der Waals surface area contributed by atoms with E-state index in [4.69, 9.17) is 4.74 Å². The first-order chi connectivity index (χ1) is 9.79. The van der Waals surface area contributed by atoms with Gasteiger partial charge in [0.2, 0.25) is 5.13 Å². The van der Waals surface area contributed by atoms with E-state index in [9.17, 15) is 0 Å². The molecule has 1 atom stereocenters. The second-order valence-corrected chi connectivity index (χ2v) is 8.04. The molecule has 0 unspecified atom stereocenters. The third kappa shape index (κ3) is 3.91. The molecule has 2 aromatic heterocycles. The molecule has 1 aliphatic rings. The third-order valence-electron chi connectivity index (χ3n) is 2.92.